The Morgan fingerprint density at radius 2 is 2.17 bits per heavy atom. The minimum absolute atomic E-state index is 0.452. The second kappa shape index (κ2) is 5.28. The van der Waals surface area contributed by atoms with E-state index in [0.29, 0.717) is 17.3 Å². The van der Waals surface area contributed by atoms with Crippen LogP contribution in [0.1, 0.15) is 18.9 Å². The lowest BCUT2D eigenvalue weighted by molar-refractivity contribution is 0.337. The van der Waals surface area contributed by atoms with Gasteiger partial charge in [0.15, 0.2) is 0 Å². The van der Waals surface area contributed by atoms with Crippen LogP contribution >= 0.6 is 0 Å². The van der Waals surface area contributed by atoms with Crippen molar-refractivity contribution in [2.75, 3.05) is 37.3 Å². The smallest absolute Gasteiger partial charge is 0.101 e. The lowest BCUT2D eigenvalue weighted by Crippen LogP contribution is -2.37. The zero-order valence-electron chi connectivity index (χ0n) is 11.1. The van der Waals surface area contributed by atoms with Crippen LogP contribution in [0, 0.1) is 11.3 Å². The maximum atomic E-state index is 9.05. The molecule has 0 bridgehead atoms. The first-order valence-corrected chi connectivity index (χ1v) is 6.36. The highest BCUT2D eigenvalue weighted by molar-refractivity contribution is 5.63. The van der Waals surface area contributed by atoms with E-state index >= 15 is 0 Å². The van der Waals surface area contributed by atoms with E-state index in [0.717, 1.165) is 31.7 Å². The van der Waals surface area contributed by atoms with Crippen molar-refractivity contribution in [2.24, 2.45) is 0 Å². The molecule has 1 unspecified atom stereocenters. The number of rotatable bonds is 1. The number of nitrogen functional groups attached to an aromatic ring is 1. The summed E-state index contributed by atoms with van der Waals surface area (Å²) in [6, 6.07) is 8.34. The summed E-state index contributed by atoms with van der Waals surface area (Å²) < 4.78 is 0. The van der Waals surface area contributed by atoms with Crippen molar-refractivity contribution in [2.45, 2.75) is 19.4 Å². The molecule has 1 heterocycles. The Labute approximate surface area is 109 Å². The quantitative estimate of drug-likeness (QED) is 0.763. The van der Waals surface area contributed by atoms with Crippen LogP contribution in [0.2, 0.25) is 0 Å². The van der Waals surface area contributed by atoms with Crippen molar-refractivity contribution in [3.05, 3.63) is 23.8 Å². The Bertz CT molecular complexity index is 463. The summed E-state index contributed by atoms with van der Waals surface area (Å²) in [4.78, 5) is 4.72. The molecule has 0 radical (unpaired) electrons. The van der Waals surface area contributed by atoms with Crippen LogP contribution in [0.25, 0.3) is 0 Å². The van der Waals surface area contributed by atoms with Gasteiger partial charge < -0.3 is 15.5 Å². The lowest BCUT2D eigenvalue weighted by Gasteiger charge is -2.30. The minimum Gasteiger partial charge on any atom is -0.398 e. The molecule has 0 spiro atoms. The van der Waals surface area contributed by atoms with Crippen molar-refractivity contribution in [3.63, 3.8) is 0 Å². The summed E-state index contributed by atoms with van der Waals surface area (Å²) in [7, 11) is 2.16. The first kappa shape index (κ1) is 12.7. The van der Waals surface area contributed by atoms with Gasteiger partial charge in [-0.2, -0.15) is 5.26 Å². The van der Waals surface area contributed by atoms with Gasteiger partial charge in [-0.05, 0) is 45.1 Å². The van der Waals surface area contributed by atoms with Gasteiger partial charge in [0, 0.05) is 30.5 Å². The number of benzene rings is 1. The highest BCUT2D eigenvalue weighted by Gasteiger charge is 2.20. The zero-order valence-corrected chi connectivity index (χ0v) is 11.1. The predicted molar refractivity (Wildman–Crippen MR) is 74.5 cm³/mol. The average molecular weight is 244 g/mol. The molecule has 0 saturated carbocycles. The fourth-order valence-corrected chi connectivity index (χ4v) is 2.58. The topological polar surface area (TPSA) is 56.3 Å². The molecule has 1 atom stereocenters. The van der Waals surface area contributed by atoms with Crippen LogP contribution in [-0.2, 0) is 0 Å². The normalized spacial score (nSPS) is 21.4. The fourth-order valence-electron chi connectivity index (χ4n) is 2.58. The maximum absolute atomic E-state index is 9.05. The summed E-state index contributed by atoms with van der Waals surface area (Å²) in [6.07, 6.45) is 1.15. The lowest BCUT2D eigenvalue weighted by atomic mass is 10.1. The number of nitrogens with zero attached hydrogens (tertiary/aromatic N) is 3. The third-order valence-electron chi connectivity index (χ3n) is 3.54. The second-order valence-corrected chi connectivity index (χ2v) is 5.04. The van der Waals surface area contributed by atoms with Crippen molar-refractivity contribution >= 4 is 11.4 Å². The molecule has 2 N–H and O–H groups in total. The molecule has 1 aromatic rings. The molecule has 1 saturated heterocycles. The van der Waals surface area contributed by atoms with Gasteiger partial charge in [0.05, 0.1) is 5.56 Å². The van der Waals surface area contributed by atoms with Gasteiger partial charge in [-0.25, -0.2) is 0 Å². The Morgan fingerprint density at radius 1 is 1.39 bits per heavy atom. The van der Waals surface area contributed by atoms with Gasteiger partial charge in [-0.1, -0.05) is 0 Å². The molecule has 18 heavy (non-hydrogen) atoms. The number of likely N-dealkylation sites (N-methyl/N-ethyl adjacent to an activating group) is 1. The number of anilines is 2. The monoisotopic (exact) mass is 244 g/mol. The minimum atomic E-state index is 0.452. The van der Waals surface area contributed by atoms with Gasteiger partial charge in [0.25, 0.3) is 0 Å². The first-order valence-electron chi connectivity index (χ1n) is 6.36. The van der Waals surface area contributed by atoms with E-state index in [2.05, 4.69) is 29.8 Å². The predicted octanol–water partition coefficient (Wildman–Crippen LogP) is 1.67. The number of nitrogens with two attached hydrogens (primary N) is 1. The number of nitriles is 1. The van der Waals surface area contributed by atoms with E-state index in [-0.39, 0.29) is 0 Å². The molecule has 4 heteroatoms. The molecule has 1 aromatic carbocycles. The van der Waals surface area contributed by atoms with Crippen LogP contribution < -0.4 is 10.6 Å². The molecule has 1 aliphatic heterocycles. The van der Waals surface area contributed by atoms with E-state index in [1.165, 1.54) is 0 Å². The highest BCUT2D eigenvalue weighted by Crippen LogP contribution is 2.24. The number of hydrogen-bond acceptors (Lipinski definition) is 4. The standard InChI is InChI=1S/C14H20N4/c1-11-10-17(2)6-3-7-18(11)13-4-5-14(16)12(8-13)9-15/h4-5,8,11H,3,6-7,10,16H2,1-2H3. The van der Waals surface area contributed by atoms with Gasteiger partial charge in [-0.3, -0.25) is 0 Å². The van der Waals surface area contributed by atoms with Crippen molar-refractivity contribution in [3.8, 4) is 6.07 Å². The summed E-state index contributed by atoms with van der Waals surface area (Å²) in [5.41, 5.74) is 7.99. The Balaban J connectivity index is 2.27. The average Bonchev–Trinajstić information content (AvgIpc) is 2.51. The summed E-state index contributed by atoms with van der Waals surface area (Å²) in [6.45, 7) is 5.43. The Morgan fingerprint density at radius 3 is 2.89 bits per heavy atom. The van der Waals surface area contributed by atoms with Crippen molar-refractivity contribution in [1.29, 1.82) is 5.26 Å². The van der Waals surface area contributed by atoms with E-state index < -0.39 is 0 Å². The molecule has 0 aliphatic carbocycles. The molecule has 2 rings (SSSR count). The third-order valence-corrected chi connectivity index (χ3v) is 3.54. The second-order valence-electron chi connectivity index (χ2n) is 5.04. The van der Waals surface area contributed by atoms with Gasteiger partial charge >= 0.3 is 0 Å². The third kappa shape index (κ3) is 2.57. The van der Waals surface area contributed by atoms with Crippen LogP contribution in [0.15, 0.2) is 18.2 Å². The Kier molecular flexibility index (Phi) is 3.73. The first-order chi connectivity index (χ1) is 8.61. The molecule has 96 valence electrons. The van der Waals surface area contributed by atoms with Gasteiger partial charge in [0.2, 0.25) is 0 Å². The van der Waals surface area contributed by atoms with E-state index in [1.807, 2.05) is 18.2 Å². The fraction of sp³-hybridized carbons (Fsp3) is 0.500. The number of hydrogen-bond donors (Lipinski definition) is 1. The van der Waals surface area contributed by atoms with Gasteiger partial charge in [-0.15, -0.1) is 0 Å². The maximum Gasteiger partial charge on any atom is 0.101 e. The highest BCUT2D eigenvalue weighted by atomic mass is 15.2. The Hall–Kier alpha value is -1.73. The van der Waals surface area contributed by atoms with Crippen LogP contribution in [0.3, 0.4) is 0 Å². The summed E-state index contributed by atoms with van der Waals surface area (Å²) in [5, 5.41) is 9.05. The van der Waals surface area contributed by atoms with Crippen LogP contribution in [0.5, 0.6) is 0 Å². The molecular weight excluding hydrogens is 224 g/mol. The molecule has 0 aromatic heterocycles. The van der Waals surface area contributed by atoms with E-state index in [4.69, 9.17) is 11.0 Å². The van der Waals surface area contributed by atoms with Crippen LogP contribution in [0.4, 0.5) is 11.4 Å². The molecule has 4 nitrogen and oxygen atoms in total. The summed E-state index contributed by atoms with van der Waals surface area (Å²) in [5.74, 6) is 0. The molecule has 0 amide bonds. The van der Waals surface area contributed by atoms with Gasteiger partial charge in [0.1, 0.15) is 6.07 Å². The van der Waals surface area contributed by atoms with Crippen LogP contribution in [-0.4, -0.2) is 37.6 Å². The van der Waals surface area contributed by atoms with Crippen molar-refractivity contribution < 1.29 is 0 Å². The molecular formula is C14H20N4. The largest absolute Gasteiger partial charge is 0.398 e. The van der Waals surface area contributed by atoms with Crippen molar-refractivity contribution in [1.82, 2.24) is 4.90 Å². The zero-order chi connectivity index (χ0) is 13.1. The van der Waals surface area contributed by atoms with E-state index in [9.17, 15) is 0 Å². The molecule has 1 aliphatic rings. The van der Waals surface area contributed by atoms with E-state index in [1.54, 1.807) is 0 Å². The molecule has 1 fully saturated rings. The summed E-state index contributed by atoms with van der Waals surface area (Å²) >= 11 is 0. The SMILES string of the molecule is CC1CN(C)CCCN1c1ccc(N)c(C#N)c1.